The van der Waals surface area contributed by atoms with E-state index < -0.39 is 11.9 Å². The molecular weight excluding hydrogens is 265 g/mol. The second kappa shape index (κ2) is 5.54. The second-order valence-corrected chi connectivity index (χ2v) is 5.29. The monoisotopic (exact) mass is 280 g/mol. The molecule has 1 saturated heterocycles. The van der Waals surface area contributed by atoms with Gasteiger partial charge in [0.05, 0.1) is 6.10 Å². The molecule has 1 aromatic heterocycles. The molecule has 0 amide bonds. The molecule has 2 unspecified atom stereocenters. The molecule has 0 radical (unpaired) electrons. The molecule has 3 nitrogen and oxygen atoms in total. The van der Waals surface area contributed by atoms with Crippen molar-refractivity contribution < 1.29 is 17.9 Å². The van der Waals surface area contributed by atoms with Crippen LogP contribution in [0.2, 0.25) is 0 Å². The van der Waals surface area contributed by atoms with Gasteiger partial charge < -0.3 is 10.1 Å². The van der Waals surface area contributed by atoms with Crippen LogP contribution >= 0.6 is 11.3 Å². The first-order chi connectivity index (χ1) is 8.47. The smallest absolute Gasteiger partial charge is 0.377 e. The molecule has 2 rings (SSSR count). The second-order valence-electron chi connectivity index (χ2n) is 4.35. The van der Waals surface area contributed by atoms with Gasteiger partial charge in [-0.3, -0.25) is 0 Å². The lowest BCUT2D eigenvalue weighted by Crippen LogP contribution is -2.36. The molecule has 1 aromatic rings. The average molecular weight is 280 g/mol. The summed E-state index contributed by atoms with van der Waals surface area (Å²) in [6.07, 6.45) is -2.15. The van der Waals surface area contributed by atoms with Gasteiger partial charge in [-0.05, 0) is 19.8 Å². The molecule has 1 aliphatic heterocycles. The van der Waals surface area contributed by atoms with Crippen LogP contribution in [0.5, 0.6) is 0 Å². The molecule has 0 spiro atoms. The Hall–Kier alpha value is -0.660. The zero-order chi connectivity index (χ0) is 13.2. The van der Waals surface area contributed by atoms with E-state index >= 15 is 0 Å². The van der Waals surface area contributed by atoms with Gasteiger partial charge in [-0.1, -0.05) is 0 Å². The Bertz CT molecular complexity index is 388. The molecule has 7 heteroatoms. The quantitative estimate of drug-likeness (QED) is 0.921. The summed E-state index contributed by atoms with van der Waals surface area (Å²) in [7, 11) is 0. The number of halogens is 3. The van der Waals surface area contributed by atoms with Crippen LogP contribution in [-0.4, -0.2) is 23.7 Å². The molecule has 0 saturated carbocycles. The van der Waals surface area contributed by atoms with Crippen LogP contribution in [0, 0.1) is 0 Å². The van der Waals surface area contributed by atoms with Crippen molar-refractivity contribution in [3.63, 3.8) is 0 Å². The van der Waals surface area contributed by atoms with E-state index in [-0.39, 0.29) is 12.1 Å². The van der Waals surface area contributed by atoms with Gasteiger partial charge in [0.25, 0.3) is 0 Å². The minimum Gasteiger partial charge on any atom is -0.377 e. The third kappa shape index (κ3) is 3.43. The van der Waals surface area contributed by atoms with Gasteiger partial charge >= 0.3 is 6.18 Å². The Kier molecular flexibility index (Phi) is 4.24. The van der Waals surface area contributed by atoms with Gasteiger partial charge in [-0.25, -0.2) is 4.98 Å². The summed E-state index contributed by atoms with van der Waals surface area (Å²) in [5.41, 5.74) is -0.811. The summed E-state index contributed by atoms with van der Waals surface area (Å²) in [5, 5.41) is 4.66. The van der Waals surface area contributed by atoms with E-state index in [1.165, 1.54) is 0 Å². The SMILES string of the molecule is CC(NCc1nc(C(F)(F)F)cs1)C1CCCO1. The lowest BCUT2D eigenvalue weighted by Gasteiger charge is -2.19. The number of aromatic nitrogens is 1. The number of thiazole rings is 1. The Balaban J connectivity index is 1.84. The fourth-order valence-electron chi connectivity index (χ4n) is 1.90. The first-order valence-electron chi connectivity index (χ1n) is 5.83. The van der Waals surface area contributed by atoms with E-state index in [1.54, 1.807) is 0 Å². The van der Waals surface area contributed by atoms with E-state index in [2.05, 4.69) is 10.3 Å². The summed E-state index contributed by atoms with van der Waals surface area (Å²) in [5.74, 6) is 0. The summed E-state index contributed by atoms with van der Waals surface area (Å²) in [6.45, 7) is 3.10. The van der Waals surface area contributed by atoms with Crippen LogP contribution < -0.4 is 5.32 Å². The highest BCUT2D eigenvalue weighted by Crippen LogP contribution is 2.30. The number of hydrogen-bond acceptors (Lipinski definition) is 4. The minimum atomic E-state index is -4.35. The van der Waals surface area contributed by atoms with Gasteiger partial charge in [-0.2, -0.15) is 13.2 Å². The highest BCUT2D eigenvalue weighted by Gasteiger charge is 2.33. The zero-order valence-corrected chi connectivity index (χ0v) is 10.8. The summed E-state index contributed by atoms with van der Waals surface area (Å²) in [6, 6.07) is 0.130. The van der Waals surface area contributed by atoms with Crippen molar-refractivity contribution in [2.45, 2.75) is 44.6 Å². The molecule has 1 fully saturated rings. The number of hydrogen-bond donors (Lipinski definition) is 1. The van der Waals surface area contributed by atoms with E-state index in [4.69, 9.17) is 4.74 Å². The Morgan fingerprint density at radius 3 is 2.94 bits per heavy atom. The number of ether oxygens (including phenoxy) is 1. The van der Waals surface area contributed by atoms with Gasteiger partial charge in [0.15, 0.2) is 5.69 Å². The van der Waals surface area contributed by atoms with E-state index in [0.29, 0.717) is 11.6 Å². The lowest BCUT2D eigenvalue weighted by atomic mass is 10.1. The largest absolute Gasteiger partial charge is 0.434 e. The fourth-order valence-corrected chi connectivity index (χ4v) is 2.65. The van der Waals surface area contributed by atoms with Gasteiger partial charge in [0.2, 0.25) is 0 Å². The zero-order valence-electron chi connectivity index (χ0n) is 9.96. The standard InChI is InChI=1S/C11H15F3N2OS/c1-7(8-3-2-4-17-8)15-5-10-16-9(6-18-10)11(12,13)14/h6-8,15H,2-5H2,1H3. The van der Waals surface area contributed by atoms with E-state index in [1.807, 2.05) is 6.92 Å². The van der Waals surface area contributed by atoms with Gasteiger partial charge in [-0.15, -0.1) is 11.3 Å². The number of nitrogens with zero attached hydrogens (tertiary/aromatic N) is 1. The molecule has 1 N–H and O–H groups in total. The number of nitrogens with one attached hydrogen (secondary N) is 1. The lowest BCUT2D eigenvalue weighted by molar-refractivity contribution is -0.140. The van der Waals surface area contributed by atoms with Crippen molar-refractivity contribution in [1.29, 1.82) is 0 Å². The van der Waals surface area contributed by atoms with Crippen molar-refractivity contribution in [3.8, 4) is 0 Å². The molecule has 18 heavy (non-hydrogen) atoms. The maximum atomic E-state index is 12.3. The first kappa shape index (κ1) is 13.8. The molecule has 0 bridgehead atoms. The number of rotatable bonds is 4. The van der Waals surface area contributed by atoms with E-state index in [9.17, 15) is 13.2 Å². The van der Waals surface area contributed by atoms with Crippen LogP contribution in [-0.2, 0) is 17.5 Å². The van der Waals surface area contributed by atoms with Gasteiger partial charge in [0, 0.05) is 24.6 Å². The maximum absolute atomic E-state index is 12.3. The highest BCUT2D eigenvalue weighted by atomic mass is 32.1. The maximum Gasteiger partial charge on any atom is 0.434 e. The van der Waals surface area contributed by atoms with Crippen LogP contribution in [0.3, 0.4) is 0 Å². The van der Waals surface area contributed by atoms with Crippen molar-refractivity contribution in [3.05, 3.63) is 16.1 Å². The number of alkyl halides is 3. The van der Waals surface area contributed by atoms with Crippen LogP contribution in [0.1, 0.15) is 30.5 Å². The predicted octanol–water partition coefficient (Wildman–Crippen LogP) is 2.82. The van der Waals surface area contributed by atoms with Crippen molar-refractivity contribution in [1.82, 2.24) is 10.3 Å². The summed E-state index contributed by atoms with van der Waals surface area (Å²) >= 11 is 1.03. The first-order valence-corrected chi connectivity index (χ1v) is 6.71. The average Bonchev–Trinajstić information content (AvgIpc) is 2.96. The third-order valence-corrected chi connectivity index (χ3v) is 3.79. The molecule has 0 aliphatic carbocycles. The predicted molar refractivity (Wildman–Crippen MR) is 62.4 cm³/mol. The highest BCUT2D eigenvalue weighted by molar-refractivity contribution is 7.09. The van der Waals surface area contributed by atoms with Crippen molar-refractivity contribution in [2.75, 3.05) is 6.61 Å². The van der Waals surface area contributed by atoms with Crippen LogP contribution in [0.15, 0.2) is 5.38 Å². The normalized spacial score (nSPS) is 22.3. The molecule has 2 atom stereocenters. The van der Waals surface area contributed by atoms with Crippen LogP contribution in [0.25, 0.3) is 0 Å². The van der Waals surface area contributed by atoms with Crippen LogP contribution in [0.4, 0.5) is 13.2 Å². The van der Waals surface area contributed by atoms with E-state index in [0.717, 1.165) is 36.2 Å². The van der Waals surface area contributed by atoms with Gasteiger partial charge in [0.1, 0.15) is 5.01 Å². The molecular formula is C11H15F3N2OS. The molecule has 1 aliphatic rings. The molecule has 0 aromatic carbocycles. The van der Waals surface area contributed by atoms with Crippen molar-refractivity contribution >= 4 is 11.3 Å². The minimum absolute atomic E-state index is 0.130. The Labute approximate surface area is 107 Å². The Morgan fingerprint density at radius 1 is 1.61 bits per heavy atom. The summed E-state index contributed by atoms with van der Waals surface area (Å²) < 4.78 is 42.6. The molecule has 2 heterocycles. The molecule has 102 valence electrons. The fraction of sp³-hybridized carbons (Fsp3) is 0.727. The topological polar surface area (TPSA) is 34.2 Å². The van der Waals surface area contributed by atoms with Crippen molar-refractivity contribution in [2.24, 2.45) is 0 Å². The Morgan fingerprint density at radius 2 is 2.39 bits per heavy atom. The third-order valence-electron chi connectivity index (χ3n) is 2.94. The summed E-state index contributed by atoms with van der Waals surface area (Å²) in [4.78, 5) is 3.57.